The molecule has 2 aliphatic heterocycles. The van der Waals surface area contributed by atoms with E-state index >= 15 is 0 Å². The molecule has 3 amide bonds. The first-order valence-corrected chi connectivity index (χ1v) is 11.9. The monoisotopic (exact) mass is 421 g/mol. The Morgan fingerprint density at radius 1 is 1.10 bits per heavy atom. The van der Waals surface area contributed by atoms with Gasteiger partial charge in [0.25, 0.3) is 5.91 Å². The van der Waals surface area contributed by atoms with Crippen molar-refractivity contribution in [3.8, 4) is 0 Å². The van der Waals surface area contributed by atoms with Gasteiger partial charge >= 0.3 is 6.03 Å². The maximum atomic E-state index is 13.1. The summed E-state index contributed by atoms with van der Waals surface area (Å²) in [4.78, 5) is 27.0. The van der Waals surface area contributed by atoms with Gasteiger partial charge in [-0.3, -0.25) is 9.69 Å². The number of rotatable bonds is 4. The number of amides is 3. The second kappa shape index (κ2) is 8.04. The minimum absolute atomic E-state index is 0.194. The lowest BCUT2D eigenvalue weighted by molar-refractivity contribution is -0.917. The summed E-state index contributed by atoms with van der Waals surface area (Å²) in [6, 6.07) is 4.84. The molecule has 29 heavy (non-hydrogen) atoms. The molecule has 0 bridgehead atoms. The third-order valence-electron chi connectivity index (χ3n) is 6.43. The van der Waals surface area contributed by atoms with E-state index in [0.29, 0.717) is 44.2 Å². The highest BCUT2D eigenvalue weighted by Gasteiger charge is 2.38. The molecule has 0 saturated carbocycles. The summed E-state index contributed by atoms with van der Waals surface area (Å²) in [6.45, 7) is 4.54. The summed E-state index contributed by atoms with van der Waals surface area (Å²) < 4.78 is 27.8. The van der Waals surface area contributed by atoms with Crippen LogP contribution in [0.15, 0.2) is 23.1 Å². The molecule has 9 heteroatoms. The SMILES string of the molecule is C[C@H](C(=O)N1CCNC1=O)[NH+]1CCN(S(=O)(=O)c2ccc3c(c2)CCCC3)CC1. The molecule has 1 aromatic rings. The summed E-state index contributed by atoms with van der Waals surface area (Å²) in [5.41, 5.74) is 2.42. The second-order valence-electron chi connectivity index (χ2n) is 8.14. The number of hydrogen-bond acceptors (Lipinski definition) is 4. The minimum Gasteiger partial charge on any atom is -0.336 e. The molecule has 158 valence electrons. The first-order valence-electron chi connectivity index (χ1n) is 10.4. The predicted molar refractivity (Wildman–Crippen MR) is 107 cm³/mol. The summed E-state index contributed by atoms with van der Waals surface area (Å²) >= 11 is 0. The maximum absolute atomic E-state index is 13.1. The van der Waals surface area contributed by atoms with Gasteiger partial charge in [-0.1, -0.05) is 6.07 Å². The van der Waals surface area contributed by atoms with E-state index in [-0.39, 0.29) is 18.0 Å². The van der Waals surface area contributed by atoms with Crippen molar-refractivity contribution in [2.24, 2.45) is 0 Å². The molecule has 0 radical (unpaired) electrons. The Balaban J connectivity index is 1.41. The van der Waals surface area contributed by atoms with Gasteiger partial charge in [0.05, 0.1) is 31.1 Å². The molecule has 2 saturated heterocycles. The van der Waals surface area contributed by atoms with Crippen LogP contribution in [-0.2, 0) is 27.7 Å². The van der Waals surface area contributed by atoms with Crippen LogP contribution in [0.3, 0.4) is 0 Å². The zero-order valence-electron chi connectivity index (χ0n) is 16.8. The number of carbonyl (C=O) groups is 2. The summed E-state index contributed by atoms with van der Waals surface area (Å²) in [5.74, 6) is -0.194. The zero-order valence-corrected chi connectivity index (χ0v) is 17.6. The van der Waals surface area contributed by atoms with E-state index in [1.807, 2.05) is 19.1 Å². The number of nitrogens with zero attached hydrogens (tertiary/aromatic N) is 2. The number of nitrogens with one attached hydrogen (secondary N) is 2. The molecule has 2 heterocycles. The Morgan fingerprint density at radius 2 is 1.79 bits per heavy atom. The van der Waals surface area contributed by atoms with Crippen LogP contribution in [0.1, 0.15) is 30.9 Å². The molecule has 0 unspecified atom stereocenters. The lowest BCUT2D eigenvalue weighted by Gasteiger charge is -2.35. The Labute approximate surface area is 171 Å². The number of quaternary nitrogens is 1. The van der Waals surface area contributed by atoms with Crippen molar-refractivity contribution in [3.63, 3.8) is 0 Å². The first kappa shape index (κ1) is 20.3. The molecule has 0 spiro atoms. The third kappa shape index (κ3) is 3.91. The van der Waals surface area contributed by atoms with Crippen LogP contribution in [-0.4, -0.2) is 74.9 Å². The molecule has 1 atom stereocenters. The highest BCUT2D eigenvalue weighted by Crippen LogP contribution is 2.25. The smallest absolute Gasteiger partial charge is 0.324 e. The normalized spacial score (nSPS) is 22.2. The van der Waals surface area contributed by atoms with Gasteiger partial charge in [-0.05, 0) is 55.9 Å². The molecule has 1 aromatic carbocycles. The van der Waals surface area contributed by atoms with Crippen molar-refractivity contribution in [2.45, 2.75) is 43.5 Å². The third-order valence-corrected chi connectivity index (χ3v) is 8.32. The van der Waals surface area contributed by atoms with Gasteiger partial charge in [0.1, 0.15) is 0 Å². The average Bonchev–Trinajstić information content (AvgIpc) is 3.18. The van der Waals surface area contributed by atoms with Gasteiger partial charge in [-0.15, -0.1) is 0 Å². The number of hydrogen-bond donors (Lipinski definition) is 2. The number of urea groups is 1. The van der Waals surface area contributed by atoms with Crippen LogP contribution >= 0.6 is 0 Å². The number of sulfonamides is 1. The van der Waals surface area contributed by atoms with E-state index in [0.717, 1.165) is 29.7 Å². The van der Waals surface area contributed by atoms with Crippen LogP contribution in [0.4, 0.5) is 4.79 Å². The fraction of sp³-hybridized carbons (Fsp3) is 0.600. The van der Waals surface area contributed by atoms with Gasteiger partial charge in [0, 0.05) is 13.1 Å². The van der Waals surface area contributed by atoms with E-state index in [1.165, 1.54) is 21.2 Å². The van der Waals surface area contributed by atoms with Gasteiger partial charge < -0.3 is 10.2 Å². The van der Waals surface area contributed by atoms with Gasteiger partial charge in [0.2, 0.25) is 10.0 Å². The molecule has 2 fully saturated rings. The number of fused-ring (bicyclic) bond motifs is 1. The molecular weight excluding hydrogens is 392 g/mol. The van der Waals surface area contributed by atoms with Crippen LogP contribution in [0.25, 0.3) is 0 Å². The number of benzene rings is 1. The molecule has 8 nitrogen and oxygen atoms in total. The fourth-order valence-electron chi connectivity index (χ4n) is 4.56. The molecule has 0 aromatic heterocycles. The highest BCUT2D eigenvalue weighted by atomic mass is 32.2. The van der Waals surface area contributed by atoms with E-state index in [9.17, 15) is 18.0 Å². The Kier molecular flexibility index (Phi) is 5.63. The lowest BCUT2D eigenvalue weighted by Crippen LogP contribution is -3.19. The van der Waals surface area contributed by atoms with E-state index < -0.39 is 10.0 Å². The van der Waals surface area contributed by atoms with Crippen molar-refractivity contribution in [2.75, 3.05) is 39.3 Å². The topological polar surface area (TPSA) is 91.2 Å². The van der Waals surface area contributed by atoms with Crippen molar-refractivity contribution in [1.82, 2.24) is 14.5 Å². The molecular formula is C20H29N4O4S+. The Bertz CT molecular complexity index is 909. The maximum Gasteiger partial charge on any atom is 0.324 e. The lowest BCUT2D eigenvalue weighted by atomic mass is 9.92. The van der Waals surface area contributed by atoms with Gasteiger partial charge in [-0.2, -0.15) is 4.31 Å². The molecule has 2 N–H and O–H groups in total. The minimum atomic E-state index is -3.53. The van der Waals surface area contributed by atoms with Crippen molar-refractivity contribution < 1.29 is 22.9 Å². The number of aryl methyl sites for hydroxylation is 2. The Hall–Kier alpha value is -1.97. The number of piperazine rings is 1. The first-order chi connectivity index (χ1) is 13.9. The molecule has 4 rings (SSSR count). The fourth-order valence-corrected chi connectivity index (χ4v) is 6.05. The summed E-state index contributed by atoms with van der Waals surface area (Å²) in [7, 11) is -3.53. The summed E-state index contributed by atoms with van der Waals surface area (Å²) in [5, 5.41) is 2.64. The largest absolute Gasteiger partial charge is 0.336 e. The van der Waals surface area contributed by atoms with E-state index in [1.54, 1.807) is 6.07 Å². The second-order valence-corrected chi connectivity index (χ2v) is 10.1. The van der Waals surface area contributed by atoms with Crippen molar-refractivity contribution >= 4 is 22.0 Å². The standard InChI is InChI=1S/C20H28N4O4S/c1-15(19(25)24-9-8-21-20(24)26)22-10-12-23(13-11-22)29(27,28)18-7-6-16-4-2-3-5-17(16)14-18/h6-7,14-15H,2-5,8-13H2,1H3,(H,21,26)/p+1/t15-/m1/s1. The number of carbonyl (C=O) groups excluding carboxylic acids is 2. The molecule has 3 aliphatic rings. The van der Waals surface area contributed by atoms with Crippen molar-refractivity contribution in [3.05, 3.63) is 29.3 Å². The van der Waals surface area contributed by atoms with E-state index in [2.05, 4.69) is 5.32 Å². The number of imide groups is 1. The molecule has 1 aliphatic carbocycles. The Morgan fingerprint density at radius 3 is 2.45 bits per heavy atom. The van der Waals surface area contributed by atoms with Crippen molar-refractivity contribution in [1.29, 1.82) is 0 Å². The summed E-state index contributed by atoms with van der Waals surface area (Å²) in [6.07, 6.45) is 4.25. The van der Waals surface area contributed by atoms with Crippen LogP contribution in [0.5, 0.6) is 0 Å². The highest BCUT2D eigenvalue weighted by molar-refractivity contribution is 7.89. The van der Waals surface area contributed by atoms with Gasteiger partial charge in [0.15, 0.2) is 6.04 Å². The predicted octanol–water partition coefficient (Wildman–Crippen LogP) is -0.605. The van der Waals surface area contributed by atoms with Crippen LogP contribution in [0, 0.1) is 0 Å². The van der Waals surface area contributed by atoms with Crippen LogP contribution in [0.2, 0.25) is 0 Å². The quantitative estimate of drug-likeness (QED) is 0.679. The van der Waals surface area contributed by atoms with E-state index in [4.69, 9.17) is 0 Å². The zero-order chi connectivity index (χ0) is 20.6. The average molecular weight is 422 g/mol. The van der Waals surface area contributed by atoms with Gasteiger partial charge in [-0.25, -0.2) is 13.2 Å². The van der Waals surface area contributed by atoms with Crippen LogP contribution < -0.4 is 10.2 Å².